The van der Waals surface area contributed by atoms with E-state index < -0.39 is 0 Å². The molecule has 0 bridgehead atoms. The number of nitrogens with zero attached hydrogens (tertiary/aromatic N) is 3. The lowest BCUT2D eigenvalue weighted by atomic mass is 10.1. The predicted octanol–water partition coefficient (Wildman–Crippen LogP) is 6.48. The van der Waals surface area contributed by atoms with E-state index in [1.54, 1.807) is 4.68 Å². The van der Waals surface area contributed by atoms with Gasteiger partial charge in [-0.1, -0.05) is 78.9 Å². The number of nitrogens with one attached hydrogen (secondary N) is 1. The van der Waals surface area contributed by atoms with Gasteiger partial charge in [0.1, 0.15) is 6.54 Å². The Morgan fingerprint density at radius 1 is 0.912 bits per heavy atom. The number of aromatic nitrogens is 3. The molecule has 0 atom stereocenters. The van der Waals surface area contributed by atoms with E-state index in [1.807, 2.05) is 77.4 Å². The smallest absolute Gasteiger partial charge is 0.246 e. The maximum absolute atomic E-state index is 13.1. The maximum atomic E-state index is 13.1. The molecule has 6 heteroatoms. The summed E-state index contributed by atoms with van der Waals surface area (Å²) in [6.07, 6.45) is 0. The molecule has 0 unspecified atom stereocenters. The number of hydrogen-bond donors (Lipinski definition) is 1. The van der Waals surface area contributed by atoms with Crippen LogP contribution in [0.4, 0.5) is 5.69 Å². The molecule has 168 valence electrons. The van der Waals surface area contributed by atoms with Crippen LogP contribution in [0, 0.1) is 18.6 Å². The quantitative estimate of drug-likeness (QED) is 0.303. The van der Waals surface area contributed by atoms with E-state index >= 15 is 0 Å². The van der Waals surface area contributed by atoms with Crippen LogP contribution in [0.3, 0.4) is 0 Å². The molecule has 5 aromatic rings. The minimum absolute atomic E-state index is 0.0136. The summed E-state index contributed by atoms with van der Waals surface area (Å²) in [4.78, 5) is 13.1. The monoisotopic (exact) mass is 464 g/mol. The summed E-state index contributed by atoms with van der Waals surface area (Å²) < 4.78 is 4.03. The van der Waals surface area contributed by atoms with Crippen LogP contribution >= 0.6 is 12.2 Å². The van der Waals surface area contributed by atoms with Crippen molar-refractivity contribution < 1.29 is 4.79 Å². The van der Waals surface area contributed by atoms with E-state index in [0.717, 1.165) is 38.8 Å². The summed E-state index contributed by atoms with van der Waals surface area (Å²) in [5.74, 6) is 0.523. The van der Waals surface area contributed by atoms with Crippen molar-refractivity contribution in [3.05, 3.63) is 107 Å². The molecule has 4 aromatic carbocycles. The van der Waals surface area contributed by atoms with Crippen LogP contribution in [-0.2, 0) is 11.3 Å². The molecule has 34 heavy (non-hydrogen) atoms. The van der Waals surface area contributed by atoms with Gasteiger partial charge in [0.15, 0.2) is 5.82 Å². The third kappa shape index (κ3) is 4.16. The van der Waals surface area contributed by atoms with Gasteiger partial charge in [-0.2, -0.15) is 5.10 Å². The summed E-state index contributed by atoms with van der Waals surface area (Å²) in [7, 11) is 0. The Morgan fingerprint density at radius 3 is 2.47 bits per heavy atom. The fourth-order valence-corrected chi connectivity index (χ4v) is 4.41. The third-order valence-corrected chi connectivity index (χ3v) is 6.23. The second-order valence-corrected chi connectivity index (χ2v) is 8.70. The molecule has 0 aliphatic carbocycles. The Balaban J connectivity index is 1.55. The van der Waals surface area contributed by atoms with E-state index in [4.69, 9.17) is 17.3 Å². The van der Waals surface area contributed by atoms with Crippen molar-refractivity contribution in [2.24, 2.45) is 0 Å². The highest BCUT2D eigenvalue weighted by atomic mass is 32.1. The van der Waals surface area contributed by atoms with E-state index in [-0.39, 0.29) is 12.5 Å². The van der Waals surface area contributed by atoms with Crippen LogP contribution in [0.5, 0.6) is 0 Å². The zero-order chi connectivity index (χ0) is 23.7. The van der Waals surface area contributed by atoms with Crippen molar-refractivity contribution in [1.82, 2.24) is 14.3 Å². The number of carbonyl (C=O) groups is 1. The van der Waals surface area contributed by atoms with E-state index in [1.165, 1.54) is 0 Å². The highest BCUT2D eigenvalue weighted by Gasteiger charge is 2.18. The normalized spacial score (nSPS) is 11.0. The Morgan fingerprint density at radius 2 is 1.65 bits per heavy atom. The number of anilines is 1. The van der Waals surface area contributed by atoms with Crippen molar-refractivity contribution in [2.75, 3.05) is 5.32 Å². The molecule has 0 fully saturated rings. The van der Waals surface area contributed by atoms with Crippen LogP contribution in [0.1, 0.15) is 11.1 Å². The Kier molecular flexibility index (Phi) is 5.82. The molecule has 1 aromatic heterocycles. The molecule has 0 saturated heterocycles. The summed E-state index contributed by atoms with van der Waals surface area (Å²) in [5.41, 5.74) is 4.88. The van der Waals surface area contributed by atoms with Gasteiger partial charge in [0.2, 0.25) is 10.7 Å². The van der Waals surface area contributed by atoms with Crippen molar-refractivity contribution >= 4 is 34.6 Å². The van der Waals surface area contributed by atoms with E-state index in [2.05, 4.69) is 37.4 Å². The molecule has 0 saturated carbocycles. The van der Waals surface area contributed by atoms with Gasteiger partial charge in [0.05, 0.1) is 5.69 Å². The molecule has 0 aliphatic heterocycles. The van der Waals surface area contributed by atoms with Crippen LogP contribution in [0.25, 0.3) is 27.8 Å². The Labute approximate surface area is 203 Å². The first-order chi connectivity index (χ1) is 16.5. The van der Waals surface area contributed by atoms with Gasteiger partial charge in [0.25, 0.3) is 0 Å². The first-order valence-corrected chi connectivity index (χ1v) is 11.5. The van der Waals surface area contributed by atoms with Gasteiger partial charge < -0.3 is 5.32 Å². The minimum atomic E-state index is -0.183. The average Bonchev–Trinajstić information content (AvgIpc) is 3.17. The second kappa shape index (κ2) is 9.08. The minimum Gasteiger partial charge on any atom is -0.324 e. The van der Waals surface area contributed by atoms with Crippen LogP contribution in [-0.4, -0.2) is 20.3 Å². The number of benzene rings is 4. The van der Waals surface area contributed by atoms with Crippen molar-refractivity contribution in [3.63, 3.8) is 0 Å². The SMILES string of the molecule is Cc1ccc(C)c(-n2c(-c3ccccc3)nn(CC(=O)Nc3cccc4ccccc34)c2=S)c1. The lowest BCUT2D eigenvalue weighted by molar-refractivity contribution is -0.116. The molecule has 5 rings (SSSR count). The highest BCUT2D eigenvalue weighted by molar-refractivity contribution is 7.71. The lowest BCUT2D eigenvalue weighted by Gasteiger charge is -2.11. The van der Waals surface area contributed by atoms with Gasteiger partial charge in [-0.25, -0.2) is 4.68 Å². The maximum Gasteiger partial charge on any atom is 0.246 e. The number of carbonyl (C=O) groups excluding carboxylic acids is 1. The largest absolute Gasteiger partial charge is 0.324 e. The molecule has 1 heterocycles. The summed E-state index contributed by atoms with van der Waals surface area (Å²) in [6.45, 7) is 4.12. The molecule has 5 nitrogen and oxygen atoms in total. The van der Waals surface area contributed by atoms with Crippen LogP contribution in [0.2, 0.25) is 0 Å². The number of amides is 1. The first kappa shape index (κ1) is 21.8. The van der Waals surface area contributed by atoms with Gasteiger partial charge in [-0.15, -0.1) is 0 Å². The molecule has 1 amide bonds. The Hall–Kier alpha value is -4.03. The Bertz CT molecular complexity index is 1560. The third-order valence-electron chi connectivity index (χ3n) is 5.83. The molecular weight excluding hydrogens is 440 g/mol. The number of fused-ring (bicyclic) bond motifs is 1. The zero-order valence-electron chi connectivity index (χ0n) is 19.0. The number of rotatable bonds is 5. The lowest BCUT2D eigenvalue weighted by Crippen LogP contribution is -2.20. The van der Waals surface area contributed by atoms with Crippen LogP contribution in [0.15, 0.2) is 91.0 Å². The predicted molar refractivity (Wildman–Crippen MR) is 140 cm³/mol. The molecule has 1 N–H and O–H groups in total. The topological polar surface area (TPSA) is 51.9 Å². The second-order valence-electron chi connectivity index (χ2n) is 8.33. The molecular formula is C28H24N4OS. The summed E-state index contributed by atoms with van der Waals surface area (Å²) in [6, 6.07) is 30.0. The number of hydrogen-bond acceptors (Lipinski definition) is 3. The van der Waals surface area contributed by atoms with Gasteiger partial charge >= 0.3 is 0 Å². The fraction of sp³-hybridized carbons (Fsp3) is 0.107. The van der Waals surface area contributed by atoms with Crippen molar-refractivity contribution in [3.8, 4) is 17.1 Å². The van der Waals surface area contributed by atoms with E-state index in [9.17, 15) is 4.79 Å². The molecule has 0 radical (unpaired) electrons. The van der Waals surface area contributed by atoms with Crippen molar-refractivity contribution in [2.45, 2.75) is 20.4 Å². The average molecular weight is 465 g/mol. The number of aryl methyl sites for hydroxylation is 2. The standard InChI is InChI=1S/C28H24N4OS/c1-19-15-16-20(2)25(17-19)32-27(22-10-4-3-5-11-22)30-31(28(32)34)18-26(33)29-24-14-8-12-21-9-6-7-13-23(21)24/h3-17H,18H2,1-2H3,(H,29,33). The van der Waals surface area contributed by atoms with E-state index in [0.29, 0.717) is 10.6 Å². The van der Waals surface area contributed by atoms with Gasteiger partial charge in [0, 0.05) is 16.6 Å². The van der Waals surface area contributed by atoms with Gasteiger partial charge in [-0.3, -0.25) is 9.36 Å². The van der Waals surface area contributed by atoms with Gasteiger partial charge in [-0.05, 0) is 54.7 Å². The van der Waals surface area contributed by atoms with Crippen molar-refractivity contribution in [1.29, 1.82) is 0 Å². The highest BCUT2D eigenvalue weighted by Crippen LogP contribution is 2.26. The fourth-order valence-electron chi connectivity index (χ4n) is 4.12. The van der Waals surface area contributed by atoms with Crippen LogP contribution < -0.4 is 5.32 Å². The summed E-state index contributed by atoms with van der Waals surface area (Å²) in [5, 5.41) is 9.88. The molecule has 0 spiro atoms. The zero-order valence-corrected chi connectivity index (χ0v) is 19.8. The first-order valence-electron chi connectivity index (χ1n) is 11.1. The summed E-state index contributed by atoms with van der Waals surface area (Å²) >= 11 is 5.84. The molecule has 0 aliphatic rings.